The number of nitrogens with zero attached hydrogens (tertiary/aromatic N) is 2. The minimum atomic E-state index is -4.10. The van der Waals surface area contributed by atoms with Gasteiger partial charge in [-0.3, -0.25) is 13.9 Å². The molecular formula is C32H41N3O5S. The van der Waals surface area contributed by atoms with Crippen molar-refractivity contribution in [3.8, 4) is 5.75 Å². The fourth-order valence-electron chi connectivity index (χ4n) is 4.57. The van der Waals surface area contributed by atoms with Gasteiger partial charge in [0, 0.05) is 12.6 Å². The lowest BCUT2D eigenvalue weighted by molar-refractivity contribution is -0.140. The van der Waals surface area contributed by atoms with Crippen molar-refractivity contribution in [1.82, 2.24) is 10.2 Å². The topological polar surface area (TPSA) is 96.0 Å². The van der Waals surface area contributed by atoms with Crippen LogP contribution in [0.15, 0.2) is 83.8 Å². The molecule has 0 aliphatic rings. The van der Waals surface area contributed by atoms with Crippen LogP contribution < -0.4 is 14.4 Å². The lowest BCUT2D eigenvalue weighted by atomic mass is 10.1. The number of methoxy groups -OCH3 is 1. The van der Waals surface area contributed by atoms with E-state index < -0.39 is 28.5 Å². The largest absolute Gasteiger partial charge is 0.497 e. The number of rotatable bonds is 14. The second-order valence-electron chi connectivity index (χ2n) is 9.92. The highest BCUT2D eigenvalue weighted by Gasteiger charge is 2.34. The van der Waals surface area contributed by atoms with Crippen LogP contribution in [-0.2, 0) is 32.6 Å². The molecule has 0 saturated heterocycles. The number of hydrogen-bond acceptors (Lipinski definition) is 5. The molecule has 0 spiro atoms. The summed E-state index contributed by atoms with van der Waals surface area (Å²) in [6, 6.07) is 21.7. The average Bonchev–Trinajstić information content (AvgIpc) is 3.00. The highest BCUT2D eigenvalue weighted by Crippen LogP contribution is 2.28. The van der Waals surface area contributed by atoms with Gasteiger partial charge in [-0.15, -0.1) is 0 Å². The molecule has 0 aliphatic carbocycles. The SMILES string of the molecule is CCc1ccccc1N(CC(=O)N(Cc1ccc(OC)cc1)[C@@H](CC)C(=O)N[C@H](C)CC)S(=O)(=O)c1ccccc1. The summed E-state index contributed by atoms with van der Waals surface area (Å²) in [6.07, 6.45) is 1.68. The Morgan fingerprint density at radius 1 is 0.878 bits per heavy atom. The molecule has 0 radical (unpaired) electrons. The first-order chi connectivity index (χ1) is 19.7. The van der Waals surface area contributed by atoms with Crippen LogP contribution in [0.5, 0.6) is 5.75 Å². The van der Waals surface area contributed by atoms with Crippen LogP contribution in [0.25, 0.3) is 0 Å². The van der Waals surface area contributed by atoms with Crippen LogP contribution in [0.1, 0.15) is 51.7 Å². The van der Waals surface area contributed by atoms with Crippen LogP contribution in [0.2, 0.25) is 0 Å². The van der Waals surface area contributed by atoms with Gasteiger partial charge in [-0.05, 0) is 67.6 Å². The second kappa shape index (κ2) is 14.7. The van der Waals surface area contributed by atoms with Crippen LogP contribution in [0, 0.1) is 0 Å². The van der Waals surface area contributed by atoms with Crippen molar-refractivity contribution in [3.63, 3.8) is 0 Å². The summed E-state index contributed by atoms with van der Waals surface area (Å²) in [5.41, 5.74) is 2.03. The monoisotopic (exact) mass is 579 g/mol. The number of aryl methyl sites for hydroxylation is 1. The van der Waals surface area contributed by atoms with Crippen LogP contribution in [-0.4, -0.2) is 50.9 Å². The molecule has 2 atom stereocenters. The summed E-state index contributed by atoms with van der Waals surface area (Å²) in [4.78, 5) is 29.2. The third-order valence-corrected chi connectivity index (χ3v) is 8.92. The first-order valence-corrected chi connectivity index (χ1v) is 15.5. The summed E-state index contributed by atoms with van der Waals surface area (Å²) in [5, 5.41) is 2.99. The van der Waals surface area contributed by atoms with Crippen molar-refractivity contribution in [2.45, 2.75) is 70.5 Å². The van der Waals surface area contributed by atoms with E-state index in [-0.39, 0.29) is 23.4 Å². The van der Waals surface area contributed by atoms with E-state index in [1.165, 1.54) is 21.3 Å². The van der Waals surface area contributed by atoms with Gasteiger partial charge in [0.05, 0.1) is 17.7 Å². The summed E-state index contributed by atoms with van der Waals surface area (Å²) in [7, 11) is -2.53. The highest BCUT2D eigenvalue weighted by molar-refractivity contribution is 7.92. The molecular weight excluding hydrogens is 538 g/mol. The Hall–Kier alpha value is -3.85. The minimum Gasteiger partial charge on any atom is -0.497 e. The van der Waals surface area contributed by atoms with Gasteiger partial charge in [0.25, 0.3) is 10.0 Å². The molecule has 41 heavy (non-hydrogen) atoms. The predicted octanol–water partition coefficient (Wildman–Crippen LogP) is 5.18. The Kier molecular flexibility index (Phi) is 11.3. The number of carbonyl (C=O) groups is 2. The number of hydrogen-bond donors (Lipinski definition) is 1. The van der Waals surface area contributed by atoms with Crippen molar-refractivity contribution in [2.75, 3.05) is 18.0 Å². The number of ether oxygens (including phenoxy) is 1. The maximum atomic E-state index is 14.2. The van der Waals surface area contributed by atoms with E-state index in [1.807, 2.05) is 52.0 Å². The van der Waals surface area contributed by atoms with Gasteiger partial charge in [0.15, 0.2) is 0 Å². The molecule has 0 fully saturated rings. The van der Waals surface area contributed by atoms with Crippen molar-refractivity contribution in [2.24, 2.45) is 0 Å². The molecule has 0 saturated carbocycles. The molecule has 9 heteroatoms. The smallest absolute Gasteiger partial charge is 0.264 e. The Morgan fingerprint density at radius 3 is 2.10 bits per heavy atom. The van der Waals surface area contributed by atoms with E-state index in [4.69, 9.17) is 4.74 Å². The van der Waals surface area contributed by atoms with E-state index in [0.29, 0.717) is 24.3 Å². The Labute approximate surface area is 244 Å². The summed E-state index contributed by atoms with van der Waals surface area (Å²) < 4.78 is 34.5. The van der Waals surface area contributed by atoms with Crippen LogP contribution >= 0.6 is 0 Å². The van der Waals surface area contributed by atoms with Crippen molar-refractivity contribution in [1.29, 1.82) is 0 Å². The van der Waals surface area contributed by atoms with Gasteiger partial charge in [-0.2, -0.15) is 0 Å². The van der Waals surface area contributed by atoms with Crippen molar-refractivity contribution < 1.29 is 22.7 Å². The van der Waals surface area contributed by atoms with Crippen molar-refractivity contribution in [3.05, 3.63) is 90.0 Å². The van der Waals surface area contributed by atoms with Crippen molar-refractivity contribution >= 4 is 27.5 Å². The zero-order valence-corrected chi connectivity index (χ0v) is 25.4. The highest BCUT2D eigenvalue weighted by atomic mass is 32.2. The summed E-state index contributed by atoms with van der Waals surface area (Å²) >= 11 is 0. The molecule has 0 aromatic heterocycles. The zero-order chi connectivity index (χ0) is 30.0. The van der Waals surface area contributed by atoms with Gasteiger partial charge < -0.3 is 15.0 Å². The Bertz CT molecular complexity index is 1390. The van der Waals surface area contributed by atoms with E-state index >= 15 is 0 Å². The van der Waals surface area contributed by atoms with Gasteiger partial charge in [-0.25, -0.2) is 8.42 Å². The standard InChI is InChI=1S/C32H41N3O5S/c1-6-24(4)33-32(37)29(8-3)34(22-25-18-20-27(40-5)21-19-25)31(36)23-35(30-17-13-12-14-26(30)7-2)41(38,39)28-15-10-9-11-16-28/h9-21,24,29H,6-8,22-23H2,1-5H3,(H,33,37)/t24-,29+/m1/s1. The van der Waals surface area contributed by atoms with Gasteiger partial charge >= 0.3 is 0 Å². The number of benzene rings is 3. The summed E-state index contributed by atoms with van der Waals surface area (Å²) in [6.45, 7) is 7.34. The molecule has 3 rings (SSSR count). The first kappa shape index (κ1) is 31.7. The van der Waals surface area contributed by atoms with Crippen LogP contribution in [0.4, 0.5) is 5.69 Å². The molecule has 3 aromatic rings. The van der Waals surface area contributed by atoms with Gasteiger partial charge in [-0.1, -0.05) is 69.3 Å². The van der Waals surface area contributed by atoms with E-state index in [2.05, 4.69) is 5.32 Å². The van der Waals surface area contributed by atoms with E-state index in [9.17, 15) is 18.0 Å². The zero-order valence-electron chi connectivity index (χ0n) is 24.5. The number of para-hydroxylation sites is 1. The molecule has 3 aromatic carbocycles. The molecule has 0 heterocycles. The predicted molar refractivity (Wildman–Crippen MR) is 162 cm³/mol. The lowest BCUT2D eigenvalue weighted by Gasteiger charge is -2.34. The molecule has 8 nitrogen and oxygen atoms in total. The number of carbonyl (C=O) groups excluding carboxylic acids is 2. The number of sulfonamides is 1. The minimum absolute atomic E-state index is 0.0686. The average molecular weight is 580 g/mol. The lowest BCUT2D eigenvalue weighted by Crippen LogP contribution is -2.53. The fourth-order valence-corrected chi connectivity index (χ4v) is 6.05. The third kappa shape index (κ3) is 7.88. The Morgan fingerprint density at radius 2 is 1.51 bits per heavy atom. The number of nitrogens with one attached hydrogen (secondary N) is 1. The second-order valence-corrected chi connectivity index (χ2v) is 11.8. The van der Waals surface area contributed by atoms with E-state index in [1.54, 1.807) is 49.6 Å². The molecule has 1 N–H and O–H groups in total. The maximum Gasteiger partial charge on any atom is 0.264 e. The molecule has 0 aliphatic heterocycles. The fraction of sp³-hybridized carbons (Fsp3) is 0.375. The quantitative estimate of drug-likeness (QED) is 0.284. The maximum absolute atomic E-state index is 14.2. The van der Waals surface area contributed by atoms with Gasteiger partial charge in [0.1, 0.15) is 18.3 Å². The Balaban J connectivity index is 2.08. The van der Waals surface area contributed by atoms with E-state index in [0.717, 1.165) is 17.5 Å². The molecule has 2 amide bonds. The number of amides is 2. The summed E-state index contributed by atoms with van der Waals surface area (Å²) in [5.74, 6) is -0.0722. The number of anilines is 1. The van der Waals surface area contributed by atoms with Crippen LogP contribution in [0.3, 0.4) is 0 Å². The molecule has 220 valence electrons. The molecule has 0 unspecified atom stereocenters. The van der Waals surface area contributed by atoms with Gasteiger partial charge in [0.2, 0.25) is 11.8 Å². The molecule has 0 bridgehead atoms. The first-order valence-electron chi connectivity index (χ1n) is 14.0. The normalized spacial score (nSPS) is 12.7. The third-order valence-electron chi connectivity index (χ3n) is 7.15.